The van der Waals surface area contributed by atoms with Crippen LogP contribution >= 0.6 is 0 Å². The van der Waals surface area contributed by atoms with E-state index in [4.69, 9.17) is 0 Å². The van der Waals surface area contributed by atoms with Crippen molar-refractivity contribution in [1.82, 2.24) is 19.9 Å². The van der Waals surface area contributed by atoms with Gasteiger partial charge in [0.25, 0.3) is 12.3 Å². The van der Waals surface area contributed by atoms with Gasteiger partial charge in [0.15, 0.2) is 5.65 Å². The molecule has 0 radical (unpaired) electrons. The minimum absolute atomic E-state index is 0.0967. The second kappa shape index (κ2) is 7.79. The van der Waals surface area contributed by atoms with Crippen molar-refractivity contribution in [2.24, 2.45) is 0 Å². The first-order valence-corrected chi connectivity index (χ1v) is 9.12. The summed E-state index contributed by atoms with van der Waals surface area (Å²) < 4.78 is 28.3. The number of carbonyl (C=O) groups excluding carboxylic acids is 1. The maximum Gasteiger partial charge on any atom is 0.280 e. The number of aromatic nitrogens is 3. The average molecular weight is 392 g/mol. The molecule has 1 unspecified atom stereocenters. The molecule has 1 amide bonds. The summed E-state index contributed by atoms with van der Waals surface area (Å²) >= 11 is 0. The Balaban J connectivity index is 1.75. The van der Waals surface area contributed by atoms with Crippen LogP contribution < -0.4 is 5.32 Å². The van der Waals surface area contributed by atoms with Crippen LogP contribution in [0.1, 0.15) is 41.0 Å². The van der Waals surface area contributed by atoms with E-state index in [1.807, 2.05) is 43.3 Å². The number of hydrogen-bond acceptors (Lipinski definition) is 3. The molecule has 1 N–H and O–H groups in total. The largest absolute Gasteiger partial charge is 0.345 e. The van der Waals surface area contributed by atoms with Crippen molar-refractivity contribution >= 4 is 11.6 Å². The molecule has 5 nitrogen and oxygen atoms in total. The second-order valence-corrected chi connectivity index (χ2v) is 6.63. The van der Waals surface area contributed by atoms with E-state index in [1.165, 1.54) is 12.3 Å². The van der Waals surface area contributed by atoms with Gasteiger partial charge in [0.2, 0.25) is 0 Å². The predicted octanol–water partition coefficient (Wildman–Crippen LogP) is 4.82. The quantitative estimate of drug-likeness (QED) is 0.529. The number of fused-ring (bicyclic) bond motifs is 1. The third-order valence-electron chi connectivity index (χ3n) is 4.68. The van der Waals surface area contributed by atoms with Gasteiger partial charge in [-0.25, -0.2) is 18.3 Å². The Kier molecular flexibility index (Phi) is 5.03. The Morgan fingerprint density at radius 1 is 1.03 bits per heavy atom. The maximum absolute atomic E-state index is 13.6. The van der Waals surface area contributed by atoms with Crippen molar-refractivity contribution in [1.29, 1.82) is 0 Å². The molecule has 146 valence electrons. The van der Waals surface area contributed by atoms with E-state index in [0.717, 1.165) is 10.1 Å². The van der Waals surface area contributed by atoms with Gasteiger partial charge in [0.1, 0.15) is 11.3 Å². The lowest BCUT2D eigenvalue weighted by atomic mass is 10.1. The molecule has 0 aliphatic carbocycles. The van der Waals surface area contributed by atoms with Gasteiger partial charge in [-0.1, -0.05) is 60.7 Å². The van der Waals surface area contributed by atoms with Crippen LogP contribution in [0.3, 0.4) is 0 Å². The first kappa shape index (κ1) is 18.7. The molecular formula is C22H18F2N4O. The summed E-state index contributed by atoms with van der Waals surface area (Å²) in [6.45, 7) is 1.85. The van der Waals surface area contributed by atoms with Gasteiger partial charge in [-0.2, -0.15) is 5.10 Å². The molecule has 2 heterocycles. The minimum atomic E-state index is -2.76. The summed E-state index contributed by atoms with van der Waals surface area (Å²) in [5, 5.41) is 6.87. The van der Waals surface area contributed by atoms with Crippen molar-refractivity contribution in [2.45, 2.75) is 19.4 Å². The number of rotatable bonds is 5. The molecule has 7 heteroatoms. The van der Waals surface area contributed by atoms with E-state index in [-0.39, 0.29) is 22.9 Å². The van der Waals surface area contributed by atoms with E-state index in [0.29, 0.717) is 11.3 Å². The first-order chi connectivity index (χ1) is 14.0. The van der Waals surface area contributed by atoms with E-state index < -0.39 is 12.3 Å². The van der Waals surface area contributed by atoms with Crippen molar-refractivity contribution < 1.29 is 13.6 Å². The molecule has 0 saturated carbocycles. The SMILES string of the molecule is CC(NC(=O)c1cnn2c(C(F)F)cc(-c3ccccc3)nc12)c1ccccc1. The standard InChI is InChI=1S/C22H18F2N4O/c1-14(15-8-4-2-5-9-15)26-22(29)17-13-25-28-19(20(23)24)12-18(27-21(17)28)16-10-6-3-7-11-16/h2-14,20H,1H3,(H,26,29). The third-order valence-corrected chi connectivity index (χ3v) is 4.68. The predicted molar refractivity (Wildman–Crippen MR) is 106 cm³/mol. The smallest absolute Gasteiger partial charge is 0.280 e. The maximum atomic E-state index is 13.6. The van der Waals surface area contributed by atoms with Gasteiger partial charge in [-0.3, -0.25) is 4.79 Å². The zero-order chi connectivity index (χ0) is 20.4. The van der Waals surface area contributed by atoms with Crippen molar-refractivity contribution in [3.05, 3.63) is 89.7 Å². The normalized spacial score (nSPS) is 12.3. The number of nitrogens with zero attached hydrogens (tertiary/aromatic N) is 3. The van der Waals surface area contributed by atoms with Crippen LogP contribution in [0.2, 0.25) is 0 Å². The lowest BCUT2D eigenvalue weighted by Gasteiger charge is -2.14. The highest BCUT2D eigenvalue weighted by Gasteiger charge is 2.22. The number of halogens is 2. The van der Waals surface area contributed by atoms with Crippen LogP contribution in [0.5, 0.6) is 0 Å². The Morgan fingerprint density at radius 3 is 2.34 bits per heavy atom. The fourth-order valence-electron chi connectivity index (χ4n) is 3.16. The fourth-order valence-corrected chi connectivity index (χ4v) is 3.16. The van der Waals surface area contributed by atoms with Crippen LogP contribution in [0, 0.1) is 0 Å². The summed E-state index contributed by atoms with van der Waals surface area (Å²) in [5.74, 6) is -0.422. The fraction of sp³-hybridized carbons (Fsp3) is 0.136. The van der Waals surface area contributed by atoms with E-state index in [9.17, 15) is 13.6 Å². The molecule has 0 bridgehead atoms. The zero-order valence-corrected chi connectivity index (χ0v) is 15.6. The molecule has 2 aromatic heterocycles. The van der Waals surface area contributed by atoms with Gasteiger partial charge < -0.3 is 5.32 Å². The number of nitrogens with one attached hydrogen (secondary N) is 1. The van der Waals surface area contributed by atoms with Crippen LogP contribution in [0.4, 0.5) is 8.78 Å². The van der Waals surface area contributed by atoms with Crippen molar-refractivity contribution in [3.8, 4) is 11.3 Å². The molecular weight excluding hydrogens is 374 g/mol. The molecule has 1 atom stereocenters. The van der Waals surface area contributed by atoms with Crippen LogP contribution in [-0.2, 0) is 0 Å². The summed E-state index contributed by atoms with van der Waals surface area (Å²) in [6, 6.07) is 19.5. The number of amides is 1. The van der Waals surface area contributed by atoms with Crippen LogP contribution in [0.15, 0.2) is 72.9 Å². The van der Waals surface area contributed by atoms with Gasteiger partial charge in [0.05, 0.1) is 17.9 Å². The van der Waals surface area contributed by atoms with Crippen LogP contribution in [0.25, 0.3) is 16.9 Å². The Bertz CT molecular complexity index is 1140. The Hall–Kier alpha value is -3.61. The van der Waals surface area contributed by atoms with E-state index in [2.05, 4.69) is 15.4 Å². The molecule has 29 heavy (non-hydrogen) atoms. The summed E-state index contributed by atoms with van der Waals surface area (Å²) in [7, 11) is 0. The number of carbonyl (C=O) groups is 1. The van der Waals surface area contributed by atoms with Crippen molar-refractivity contribution in [2.75, 3.05) is 0 Å². The molecule has 4 rings (SSSR count). The topological polar surface area (TPSA) is 59.3 Å². The van der Waals surface area contributed by atoms with Gasteiger partial charge >= 0.3 is 0 Å². The first-order valence-electron chi connectivity index (χ1n) is 9.12. The van der Waals surface area contributed by atoms with Gasteiger partial charge in [-0.15, -0.1) is 0 Å². The molecule has 0 saturated heterocycles. The monoisotopic (exact) mass is 392 g/mol. The lowest BCUT2D eigenvalue weighted by Crippen LogP contribution is -2.26. The second-order valence-electron chi connectivity index (χ2n) is 6.63. The van der Waals surface area contributed by atoms with Crippen molar-refractivity contribution in [3.63, 3.8) is 0 Å². The van der Waals surface area contributed by atoms with E-state index in [1.54, 1.807) is 24.3 Å². The number of alkyl halides is 2. The molecule has 0 fully saturated rings. The Morgan fingerprint density at radius 2 is 1.69 bits per heavy atom. The third kappa shape index (κ3) is 3.71. The summed E-state index contributed by atoms with van der Waals surface area (Å²) in [5.41, 5.74) is 1.90. The summed E-state index contributed by atoms with van der Waals surface area (Å²) in [6.07, 6.45) is -1.49. The molecule has 0 spiro atoms. The molecule has 2 aromatic carbocycles. The summed E-state index contributed by atoms with van der Waals surface area (Å²) in [4.78, 5) is 17.3. The molecule has 0 aliphatic rings. The zero-order valence-electron chi connectivity index (χ0n) is 15.6. The van der Waals surface area contributed by atoms with Gasteiger partial charge in [-0.05, 0) is 18.6 Å². The highest BCUT2D eigenvalue weighted by Crippen LogP contribution is 2.27. The number of hydrogen-bond donors (Lipinski definition) is 1. The minimum Gasteiger partial charge on any atom is -0.345 e. The Labute approximate surface area is 166 Å². The van der Waals surface area contributed by atoms with E-state index >= 15 is 0 Å². The molecule has 0 aliphatic heterocycles. The highest BCUT2D eigenvalue weighted by atomic mass is 19.3. The highest BCUT2D eigenvalue weighted by molar-refractivity contribution is 6.00. The molecule has 4 aromatic rings. The van der Waals surface area contributed by atoms with Gasteiger partial charge in [0, 0.05) is 5.56 Å². The lowest BCUT2D eigenvalue weighted by molar-refractivity contribution is 0.0941. The average Bonchev–Trinajstić information content (AvgIpc) is 3.18. The number of benzene rings is 2. The van der Waals surface area contributed by atoms with Crippen LogP contribution in [-0.4, -0.2) is 20.5 Å².